The van der Waals surface area contributed by atoms with Gasteiger partial charge in [0, 0.05) is 44.6 Å². The molecule has 1 aliphatic heterocycles. The predicted octanol–water partition coefficient (Wildman–Crippen LogP) is -0.465. The fourth-order valence-corrected chi connectivity index (χ4v) is 2.28. The standard InChI is InChI=1S/C15H22N4O3/c1-12-7-17-5-6-19(12)15(21)11-22-10-14(20)18-9-13-3-2-4-16-8-13/h2-4,8,12,17H,5-7,9-11H2,1H3,(H,18,20). The van der Waals surface area contributed by atoms with Crippen molar-refractivity contribution in [2.24, 2.45) is 0 Å². The number of carbonyl (C=O) groups excluding carboxylic acids is 2. The number of nitrogens with one attached hydrogen (secondary N) is 2. The normalized spacial score (nSPS) is 18.0. The molecule has 0 aromatic carbocycles. The van der Waals surface area contributed by atoms with Gasteiger partial charge in [0.2, 0.25) is 11.8 Å². The van der Waals surface area contributed by atoms with Crippen molar-refractivity contribution in [3.05, 3.63) is 30.1 Å². The van der Waals surface area contributed by atoms with Crippen LogP contribution in [0, 0.1) is 0 Å². The summed E-state index contributed by atoms with van der Waals surface area (Å²) in [4.78, 5) is 29.4. The first-order valence-corrected chi connectivity index (χ1v) is 7.40. The van der Waals surface area contributed by atoms with Gasteiger partial charge in [-0.05, 0) is 18.6 Å². The number of pyridine rings is 1. The van der Waals surface area contributed by atoms with Gasteiger partial charge in [-0.25, -0.2) is 0 Å². The topological polar surface area (TPSA) is 83.6 Å². The van der Waals surface area contributed by atoms with Gasteiger partial charge in [-0.3, -0.25) is 14.6 Å². The molecule has 0 bridgehead atoms. The molecular weight excluding hydrogens is 284 g/mol. The van der Waals surface area contributed by atoms with E-state index in [1.54, 1.807) is 17.3 Å². The Morgan fingerprint density at radius 3 is 3.09 bits per heavy atom. The van der Waals surface area contributed by atoms with E-state index in [2.05, 4.69) is 15.6 Å². The van der Waals surface area contributed by atoms with Crippen LogP contribution in [0.25, 0.3) is 0 Å². The molecule has 2 amide bonds. The molecule has 0 spiro atoms. The molecule has 1 atom stereocenters. The summed E-state index contributed by atoms with van der Waals surface area (Å²) in [5, 5.41) is 5.94. The number of amides is 2. The summed E-state index contributed by atoms with van der Waals surface area (Å²) in [6, 6.07) is 3.85. The summed E-state index contributed by atoms with van der Waals surface area (Å²) >= 11 is 0. The molecule has 1 aromatic heterocycles. The number of piperazine rings is 1. The lowest BCUT2D eigenvalue weighted by Crippen LogP contribution is -2.53. The summed E-state index contributed by atoms with van der Waals surface area (Å²) in [6.07, 6.45) is 3.37. The van der Waals surface area contributed by atoms with Crippen LogP contribution in [-0.2, 0) is 20.9 Å². The van der Waals surface area contributed by atoms with Gasteiger partial charge in [0.15, 0.2) is 0 Å². The van der Waals surface area contributed by atoms with Crippen molar-refractivity contribution in [2.45, 2.75) is 19.5 Å². The van der Waals surface area contributed by atoms with Gasteiger partial charge < -0.3 is 20.3 Å². The van der Waals surface area contributed by atoms with E-state index < -0.39 is 0 Å². The minimum Gasteiger partial charge on any atom is -0.362 e. The first kappa shape index (κ1) is 16.4. The third-order valence-electron chi connectivity index (χ3n) is 3.49. The maximum atomic E-state index is 12.0. The number of aromatic nitrogens is 1. The molecule has 1 aliphatic rings. The van der Waals surface area contributed by atoms with Gasteiger partial charge in [-0.15, -0.1) is 0 Å². The van der Waals surface area contributed by atoms with Crippen molar-refractivity contribution in [1.82, 2.24) is 20.5 Å². The van der Waals surface area contributed by atoms with E-state index in [9.17, 15) is 9.59 Å². The monoisotopic (exact) mass is 306 g/mol. The maximum Gasteiger partial charge on any atom is 0.248 e. The van der Waals surface area contributed by atoms with Crippen molar-refractivity contribution in [1.29, 1.82) is 0 Å². The zero-order valence-corrected chi connectivity index (χ0v) is 12.7. The van der Waals surface area contributed by atoms with Crippen LogP contribution >= 0.6 is 0 Å². The minimum atomic E-state index is -0.245. The molecule has 0 radical (unpaired) electrons. The average Bonchev–Trinajstić information content (AvgIpc) is 2.54. The van der Waals surface area contributed by atoms with Crippen molar-refractivity contribution >= 4 is 11.8 Å². The van der Waals surface area contributed by atoms with E-state index in [1.165, 1.54) is 0 Å². The Balaban J connectivity index is 1.63. The summed E-state index contributed by atoms with van der Waals surface area (Å²) < 4.78 is 5.21. The highest BCUT2D eigenvalue weighted by Crippen LogP contribution is 2.03. The second kappa shape index (κ2) is 8.45. The van der Waals surface area contributed by atoms with Crippen LogP contribution in [0.3, 0.4) is 0 Å². The molecule has 0 saturated carbocycles. The van der Waals surface area contributed by atoms with Gasteiger partial charge in [0.1, 0.15) is 13.2 Å². The second-order valence-electron chi connectivity index (χ2n) is 5.27. The molecule has 1 aromatic rings. The molecule has 22 heavy (non-hydrogen) atoms. The van der Waals surface area contributed by atoms with Crippen LogP contribution in [0.2, 0.25) is 0 Å². The Bertz CT molecular complexity index is 495. The van der Waals surface area contributed by atoms with E-state index in [4.69, 9.17) is 4.74 Å². The van der Waals surface area contributed by atoms with Crippen molar-refractivity contribution in [2.75, 3.05) is 32.8 Å². The van der Waals surface area contributed by atoms with Gasteiger partial charge in [0.25, 0.3) is 0 Å². The highest BCUT2D eigenvalue weighted by Gasteiger charge is 2.22. The van der Waals surface area contributed by atoms with Crippen molar-refractivity contribution < 1.29 is 14.3 Å². The maximum absolute atomic E-state index is 12.0. The SMILES string of the molecule is CC1CNCCN1C(=O)COCC(=O)NCc1cccnc1. The summed E-state index contributed by atoms with van der Waals surface area (Å²) in [7, 11) is 0. The molecule has 7 heteroatoms. The van der Waals surface area contributed by atoms with E-state index >= 15 is 0 Å². The molecular formula is C15H22N4O3. The van der Waals surface area contributed by atoms with Crippen LogP contribution in [0.1, 0.15) is 12.5 Å². The van der Waals surface area contributed by atoms with Gasteiger partial charge in [-0.1, -0.05) is 6.07 Å². The van der Waals surface area contributed by atoms with Gasteiger partial charge in [-0.2, -0.15) is 0 Å². The Hall–Kier alpha value is -1.99. The lowest BCUT2D eigenvalue weighted by Gasteiger charge is -2.33. The van der Waals surface area contributed by atoms with Crippen LogP contribution in [-0.4, -0.2) is 60.6 Å². The molecule has 2 N–H and O–H groups in total. The second-order valence-corrected chi connectivity index (χ2v) is 5.27. The van der Waals surface area contributed by atoms with E-state index in [1.807, 2.05) is 19.1 Å². The molecule has 1 unspecified atom stereocenters. The number of carbonyl (C=O) groups is 2. The Labute approximate surface area is 130 Å². The van der Waals surface area contributed by atoms with Crippen LogP contribution in [0.15, 0.2) is 24.5 Å². The first-order valence-electron chi connectivity index (χ1n) is 7.40. The molecule has 0 aliphatic carbocycles. The quantitative estimate of drug-likeness (QED) is 0.743. The predicted molar refractivity (Wildman–Crippen MR) is 80.9 cm³/mol. The van der Waals surface area contributed by atoms with Gasteiger partial charge in [0.05, 0.1) is 0 Å². The van der Waals surface area contributed by atoms with Crippen molar-refractivity contribution in [3.8, 4) is 0 Å². The lowest BCUT2D eigenvalue weighted by atomic mass is 10.2. The summed E-state index contributed by atoms with van der Waals surface area (Å²) in [5.74, 6) is -0.320. The van der Waals surface area contributed by atoms with E-state index in [0.29, 0.717) is 13.1 Å². The minimum absolute atomic E-state index is 0.0648. The fourth-order valence-electron chi connectivity index (χ4n) is 2.28. The highest BCUT2D eigenvalue weighted by molar-refractivity contribution is 5.80. The van der Waals surface area contributed by atoms with Gasteiger partial charge >= 0.3 is 0 Å². The Morgan fingerprint density at radius 2 is 2.36 bits per heavy atom. The number of rotatable bonds is 6. The number of hydrogen-bond donors (Lipinski definition) is 2. The highest BCUT2D eigenvalue weighted by atomic mass is 16.5. The first-order chi connectivity index (χ1) is 10.7. The van der Waals surface area contributed by atoms with E-state index in [-0.39, 0.29) is 31.1 Å². The van der Waals surface area contributed by atoms with Crippen LogP contribution in [0.5, 0.6) is 0 Å². The van der Waals surface area contributed by atoms with Crippen LogP contribution < -0.4 is 10.6 Å². The molecule has 2 rings (SSSR count). The van der Waals surface area contributed by atoms with E-state index in [0.717, 1.165) is 18.7 Å². The smallest absolute Gasteiger partial charge is 0.248 e. The van der Waals surface area contributed by atoms with Crippen molar-refractivity contribution in [3.63, 3.8) is 0 Å². The summed E-state index contributed by atoms with van der Waals surface area (Å²) in [5.41, 5.74) is 0.918. The van der Waals surface area contributed by atoms with Crippen LogP contribution in [0.4, 0.5) is 0 Å². The molecule has 1 saturated heterocycles. The number of hydrogen-bond acceptors (Lipinski definition) is 5. The third-order valence-corrected chi connectivity index (χ3v) is 3.49. The molecule has 7 nitrogen and oxygen atoms in total. The fraction of sp³-hybridized carbons (Fsp3) is 0.533. The number of ether oxygens (including phenoxy) is 1. The lowest BCUT2D eigenvalue weighted by molar-refractivity contribution is -0.140. The Kier molecular flexibility index (Phi) is 6.29. The zero-order chi connectivity index (χ0) is 15.8. The zero-order valence-electron chi connectivity index (χ0n) is 12.7. The molecule has 2 heterocycles. The number of nitrogens with zero attached hydrogens (tertiary/aromatic N) is 2. The molecule has 1 fully saturated rings. The average molecular weight is 306 g/mol. The molecule has 120 valence electrons. The third kappa shape index (κ3) is 5.09. The largest absolute Gasteiger partial charge is 0.362 e. The Morgan fingerprint density at radius 1 is 1.50 bits per heavy atom. The summed E-state index contributed by atoms with van der Waals surface area (Å²) in [6.45, 7) is 4.47.